The number of halogens is 1. The van der Waals surface area contributed by atoms with Crippen molar-refractivity contribution in [1.82, 2.24) is 0 Å². The molecule has 1 atom stereocenters. The molecule has 0 aromatic heterocycles. The van der Waals surface area contributed by atoms with Crippen LogP contribution in [0.15, 0.2) is 11.6 Å². The fourth-order valence-corrected chi connectivity index (χ4v) is 0.899. The molecule has 0 heterocycles. The summed E-state index contributed by atoms with van der Waals surface area (Å²) >= 11 is 5.25. The van der Waals surface area contributed by atoms with E-state index in [1.807, 2.05) is 0 Å². The number of allylic oxidation sites excluding steroid dienone is 1. The van der Waals surface area contributed by atoms with Gasteiger partial charge in [0.1, 0.15) is 6.10 Å². The first-order valence-corrected chi connectivity index (χ1v) is 4.69. The van der Waals surface area contributed by atoms with Gasteiger partial charge in [0.25, 0.3) is 0 Å². The molecular formula is C10H15ClO. The van der Waals surface area contributed by atoms with Crippen LogP contribution in [0.4, 0.5) is 0 Å². The lowest BCUT2D eigenvalue weighted by molar-refractivity contribution is 0.217. The molecule has 0 aliphatic carbocycles. The second-order valence-electron chi connectivity index (χ2n) is 2.59. The van der Waals surface area contributed by atoms with E-state index in [2.05, 4.69) is 18.8 Å². The molecule has 0 aliphatic heterocycles. The van der Waals surface area contributed by atoms with Crippen molar-refractivity contribution in [2.75, 3.05) is 0 Å². The summed E-state index contributed by atoms with van der Waals surface area (Å²) in [5.74, 6) is 5.33. The highest BCUT2D eigenvalue weighted by Gasteiger charge is 1.96. The molecule has 0 aromatic carbocycles. The molecule has 2 heteroatoms. The van der Waals surface area contributed by atoms with Crippen LogP contribution in [0.5, 0.6) is 0 Å². The SMILES string of the molecule is CCCCC[C@H](O)C#C/C=C/Cl. The van der Waals surface area contributed by atoms with Gasteiger partial charge in [0, 0.05) is 5.54 Å². The predicted octanol–water partition coefficient (Wildman–Crippen LogP) is 2.68. The summed E-state index contributed by atoms with van der Waals surface area (Å²) in [5.41, 5.74) is 1.34. The van der Waals surface area contributed by atoms with Crippen molar-refractivity contribution in [1.29, 1.82) is 0 Å². The Labute approximate surface area is 79.4 Å². The number of unbranched alkanes of at least 4 members (excludes halogenated alkanes) is 2. The van der Waals surface area contributed by atoms with E-state index in [-0.39, 0.29) is 0 Å². The van der Waals surface area contributed by atoms with E-state index in [9.17, 15) is 5.11 Å². The molecule has 0 saturated carbocycles. The first kappa shape index (κ1) is 11.6. The van der Waals surface area contributed by atoms with Gasteiger partial charge in [-0.05, 0) is 18.9 Å². The van der Waals surface area contributed by atoms with Gasteiger partial charge < -0.3 is 5.11 Å². The zero-order chi connectivity index (χ0) is 9.23. The highest BCUT2D eigenvalue weighted by molar-refractivity contribution is 6.25. The molecule has 0 saturated heterocycles. The van der Waals surface area contributed by atoms with E-state index in [1.165, 1.54) is 18.0 Å². The van der Waals surface area contributed by atoms with Crippen molar-refractivity contribution in [2.45, 2.75) is 38.7 Å². The van der Waals surface area contributed by atoms with Crippen molar-refractivity contribution in [3.05, 3.63) is 11.6 Å². The Kier molecular flexibility index (Phi) is 8.32. The summed E-state index contributed by atoms with van der Waals surface area (Å²) in [6.07, 6.45) is 5.15. The van der Waals surface area contributed by atoms with E-state index >= 15 is 0 Å². The lowest BCUT2D eigenvalue weighted by atomic mass is 10.1. The van der Waals surface area contributed by atoms with Gasteiger partial charge in [-0.2, -0.15) is 0 Å². The Bertz CT molecular complexity index is 176. The quantitative estimate of drug-likeness (QED) is 0.529. The summed E-state index contributed by atoms with van der Waals surface area (Å²) in [6.45, 7) is 2.13. The molecule has 0 aromatic rings. The van der Waals surface area contributed by atoms with Crippen molar-refractivity contribution in [3.63, 3.8) is 0 Å². The third-order valence-corrected chi connectivity index (χ3v) is 1.60. The zero-order valence-electron chi connectivity index (χ0n) is 7.39. The first-order chi connectivity index (χ1) is 5.81. The third-order valence-electron chi connectivity index (χ3n) is 1.48. The smallest absolute Gasteiger partial charge is 0.115 e. The average Bonchev–Trinajstić information content (AvgIpc) is 2.06. The molecule has 1 nitrogen and oxygen atoms in total. The summed E-state index contributed by atoms with van der Waals surface area (Å²) in [7, 11) is 0. The van der Waals surface area contributed by atoms with Crippen molar-refractivity contribution < 1.29 is 5.11 Å². The number of aliphatic hydroxyl groups excluding tert-OH is 1. The van der Waals surface area contributed by atoms with Gasteiger partial charge in [-0.1, -0.05) is 43.2 Å². The van der Waals surface area contributed by atoms with Crippen LogP contribution in [-0.4, -0.2) is 11.2 Å². The summed E-state index contributed by atoms with van der Waals surface area (Å²) in [4.78, 5) is 0. The first-order valence-electron chi connectivity index (χ1n) is 4.25. The number of hydrogen-bond donors (Lipinski definition) is 1. The molecule has 0 aliphatic rings. The number of hydrogen-bond acceptors (Lipinski definition) is 1. The summed E-state index contributed by atoms with van der Waals surface area (Å²) in [5, 5.41) is 9.25. The van der Waals surface area contributed by atoms with Gasteiger partial charge in [0.05, 0.1) is 0 Å². The maximum absolute atomic E-state index is 9.25. The standard InChI is InChI=1S/C10H15ClO/c1-2-3-4-7-10(12)8-5-6-9-11/h6,9-10,12H,2-4,7H2,1H3/b9-6+/t10-/m0/s1. The van der Waals surface area contributed by atoms with Crippen LogP contribution >= 0.6 is 11.6 Å². The molecule has 0 unspecified atom stereocenters. The van der Waals surface area contributed by atoms with Crippen LogP contribution in [0.25, 0.3) is 0 Å². The van der Waals surface area contributed by atoms with Crippen LogP contribution in [0.3, 0.4) is 0 Å². The second-order valence-corrected chi connectivity index (χ2v) is 2.84. The van der Waals surface area contributed by atoms with E-state index in [4.69, 9.17) is 11.6 Å². The molecular weight excluding hydrogens is 172 g/mol. The predicted molar refractivity (Wildman–Crippen MR) is 52.9 cm³/mol. The Balaban J connectivity index is 3.46. The molecule has 0 amide bonds. The van der Waals surface area contributed by atoms with E-state index in [0.29, 0.717) is 0 Å². The van der Waals surface area contributed by atoms with Crippen molar-refractivity contribution in [3.8, 4) is 11.8 Å². The molecule has 1 N–H and O–H groups in total. The Morgan fingerprint density at radius 2 is 2.25 bits per heavy atom. The van der Waals surface area contributed by atoms with Gasteiger partial charge in [-0.15, -0.1) is 0 Å². The fourth-order valence-electron chi connectivity index (χ4n) is 0.836. The zero-order valence-corrected chi connectivity index (χ0v) is 8.14. The van der Waals surface area contributed by atoms with Gasteiger partial charge >= 0.3 is 0 Å². The van der Waals surface area contributed by atoms with Gasteiger partial charge in [-0.3, -0.25) is 0 Å². The molecule has 0 rings (SSSR count). The molecule has 0 bridgehead atoms. The normalized spacial score (nSPS) is 12.6. The topological polar surface area (TPSA) is 20.2 Å². The van der Waals surface area contributed by atoms with E-state index in [1.54, 1.807) is 0 Å². The number of aliphatic hydroxyl groups is 1. The van der Waals surface area contributed by atoms with Crippen molar-refractivity contribution in [2.24, 2.45) is 0 Å². The van der Waals surface area contributed by atoms with Crippen LogP contribution in [0, 0.1) is 11.8 Å². The lowest BCUT2D eigenvalue weighted by Crippen LogP contribution is -2.01. The minimum absolute atomic E-state index is 0.496. The van der Waals surface area contributed by atoms with Gasteiger partial charge in [0.15, 0.2) is 0 Å². The maximum atomic E-state index is 9.25. The van der Waals surface area contributed by atoms with Gasteiger partial charge in [-0.25, -0.2) is 0 Å². The van der Waals surface area contributed by atoms with Crippen LogP contribution in [-0.2, 0) is 0 Å². The molecule has 0 fully saturated rings. The minimum Gasteiger partial charge on any atom is -0.380 e. The van der Waals surface area contributed by atoms with Crippen molar-refractivity contribution >= 4 is 11.6 Å². The fraction of sp³-hybridized carbons (Fsp3) is 0.600. The van der Waals surface area contributed by atoms with Gasteiger partial charge in [0.2, 0.25) is 0 Å². The largest absolute Gasteiger partial charge is 0.380 e. The Morgan fingerprint density at radius 1 is 1.50 bits per heavy atom. The lowest BCUT2D eigenvalue weighted by Gasteiger charge is -2.00. The Morgan fingerprint density at radius 3 is 2.83 bits per heavy atom. The van der Waals surface area contributed by atoms with E-state index < -0.39 is 6.10 Å². The highest BCUT2D eigenvalue weighted by atomic mass is 35.5. The molecule has 68 valence electrons. The van der Waals surface area contributed by atoms with Crippen LogP contribution in [0.1, 0.15) is 32.6 Å². The Hall–Kier alpha value is -0.450. The molecule has 0 radical (unpaired) electrons. The van der Waals surface area contributed by atoms with E-state index in [0.717, 1.165) is 19.3 Å². The third kappa shape index (κ3) is 7.65. The highest BCUT2D eigenvalue weighted by Crippen LogP contribution is 2.01. The summed E-state index contributed by atoms with van der Waals surface area (Å²) < 4.78 is 0. The monoisotopic (exact) mass is 186 g/mol. The molecule has 0 spiro atoms. The number of rotatable bonds is 4. The van der Waals surface area contributed by atoms with Crippen LogP contribution < -0.4 is 0 Å². The minimum atomic E-state index is -0.496. The molecule has 12 heavy (non-hydrogen) atoms. The maximum Gasteiger partial charge on any atom is 0.115 e. The second kappa shape index (κ2) is 8.64. The summed E-state index contributed by atoms with van der Waals surface area (Å²) in [6, 6.07) is 0. The average molecular weight is 187 g/mol. The van der Waals surface area contributed by atoms with Crippen LogP contribution in [0.2, 0.25) is 0 Å².